The zero-order valence-electron chi connectivity index (χ0n) is 10.0. The van der Waals surface area contributed by atoms with Crippen LogP contribution in [0.5, 0.6) is 0 Å². The highest BCUT2D eigenvalue weighted by Crippen LogP contribution is 2.27. The van der Waals surface area contributed by atoms with Crippen LogP contribution in [0.2, 0.25) is 5.02 Å². The molecule has 1 fully saturated rings. The lowest BCUT2D eigenvalue weighted by Gasteiger charge is -2.37. The van der Waals surface area contributed by atoms with Crippen molar-refractivity contribution >= 4 is 23.2 Å². The lowest BCUT2D eigenvalue weighted by Crippen LogP contribution is -2.40. The van der Waals surface area contributed by atoms with Gasteiger partial charge in [0.25, 0.3) is 0 Å². The molecule has 17 heavy (non-hydrogen) atoms. The highest BCUT2D eigenvalue weighted by molar-refractivity contribution is 6.31. The van der Waals surface area contributed by atoms with Crippen molar-refractivity contribution in [3.05, 3.63) is 34.9 Å². The molecule has 0 saturated heterocycles. The average molecular weight is 272 g/mol. The molecule has 2 rings (SSSR count). The standard InChI is InChI=1S/C14H19Cl2N/c15-9-4-10-17(13-6-3-7-13)11-12-5-1-2-8-14(12)16/h1-2,5,8,13H,3-4,6-7,9-11H2. The minimum Gasteiger partial charge on any atom is -0.296 e. The molecule has 94 valence electrons. The Labute approximate surface area is 114 Å². The van der Waals surface area contributed by atoms with Gasteiger partial charge in [-0.15, -0.1) is 11.6 Å². The van der Waals surface area contributed by atoms with Gasteiger partial charge in [0.2, 0.25) is 0 Å². The Balaban J connectivity index is 1.98. The lowest BCUT2D eigenvalue weighted by atomic mass is 9.91. The fraction of sp³-hybridized carbons (Fsp3) is 0.571. The summed E-state index contributed by atoms with van der Waals surface area (Å²) in [6, 6.07) is 8.88. The summed E-state index contributed by atoms with van der Waals surface area (Å²) in [6.45, 7) is 2.04. The van der Waals surface area contributed by atoms with Crippen LogP contribution in [0, 0.1) is 0 Å². The maximum atomic E-state index is 6.22. The summed E-state index contributed by atoms with van der Waals surface area (Å²) in [5, 5.41) is 0.877. The molecule has 0 heterocycles. The minimum atomic E-state index is 0.742. The minimum absolute atomic E-state index is 0.742. The van der Waals surface area contributed by atoms with E-state index in [9.17, 15) is 0 Å². The zero-order valence-corrected chi connectivity index (χ0v) is 11.6. The molecule has 1 aliphatic carbocycles. The first-order valence-corrected chi connectivity index (χ1v) is 7.26. The number of rotatable bonds is 6. The summed E-state index contributed by atoms with van der Waals surface area (Å²) in [5.74, 6) is 0.742. The number of nitrogens with zero attached hydrogens (tertiary/aromatic N) is 1. The number of hydrogen-bond acceptors (Lipinski definition) is 1. The molecule has 1 saturated carbocycles. The molecule has 0 amide bonds. The summed E-state index contributed by atoms with van der Waals surface area (Å²) >= 11 is 12.0. The second-order valence-corrected chi connectivity index (χ2v) is 5.47. The average Bonchev–Trinajstić information content (AvgIpc) is 2.26. The van der Waals surface area contributed by atoms with E-state index < -0.39 is 0 Å². The van der Waals surface area contributed by atoms with Crippen LogP contribution in [0.25, 0.3) is 0 Å². The molecule has 0 aliphatic heterocycles. The van der Waals surface area contributed by atoms with E-state index in [-0.39, 0.29) is 0 Å². The normalized spacial score (nSPS) is 16.2. The van der Waals surface area contributed by atoms with Gasteiger partial charge in [-0.3, -0.25) is 4.90 Å². The van der Waals surface area contributed by atoms with Crippen molar-refractivity contribution in [1.82, 2.24) is 4.90 Å². The van der Waals surface area contributed by atoms with Crippen molar-refractivity contribution in [2.24, 2.45) is 0 Å². The van der Waals surface area contributed by atoms with Gasteiger partial charge in [-0.25, -0.2) is 0 Å². The number of hydrogen-bond donors (Lipinski definition) is 0. The molecule has 0 radical (unpaired) electrons. The van der Waals surface area contributed by atoms with Crippen LogP contribution in [0.1, 0.15) is 31.2 Å². The van der Waals surface area contributed by atoms with Gasteiger partial charge in [0.05, 0.1) is 0 Å². The van der Waals surface area contributed by atoms with Crippen LogP contribution >= 0.6 is 23.2 Å². The van der Waals surface area contributed by atoms with E-state index in [2.05, 4.69) is 17.0 Å². The predicted molar refractivity (Wildman–Crippen MR) is 74.8 cm³/mol. The highest BCUT2D eigenvalue weighted by Gasteiger charge is 2.24. The van der Waals surface area contributed by atoms with Gasteiger partial charge < -0.3 is 0 Å². The van der Waals surface area contributed by atoms with Crippen molar-refractivity contribution < 1.29 is 0 Å². The summed E-state index contributed by atoms with van der Waals surface area (Å²) in [5.41, 5.74) is 1.23. The van der Waals surface area contributed by atoms with Crippen LogP contribution in [0.3, 0.4) is 0 Å². The number of benzene rings is 1. The molecule has 1 aromatic rings. The van der Waals surface area contributed by atoms with Crippen molar-refractivity contribution in [3.8, 4) is 0 Å². The molecule has 0 N–H and O–H groups in total. The van der Waals surface area contributed by atoms with Gasteiger partial charge >= 0.3 is 0 Å². The Kier molecular flexibility index (Phi) is 5.15. The van der Waals surface area contributed by atoms with Gasteiger partial charge in [0, 0.05) is 23.5 Å². The van der Waals surface area contributed by atoms with Gasteiger partial charge in [-0.1, -0.05) is 36.2 Å². The Bertz CT molecular complexity index is 350. The molecule has 1 nitrogen and oxygen atoms in total. The SMILES string of the molecule is ClCCCN(Cc1ccccc1Cl)C1CCC1. The topological polar surface area (TPSA) is 3.24 Å². The third-order valence-corrected chi connectivity index (χ3v) is 4.14. The molecule has 1 aromatic carbocycles. The summed E-state index contributed by atoms with van der Waals surface area (Å²) in [6.07, 6.45) is 5.08. The molecular weight excluding hydrogens is 253 g/mol. The zero-order chi connectivity index (χ0) is 12.1. The van der Waals surface area contributed by atoms with Crippen molar-refractivity contribution in [2.45, 2.75) is 38.3 Å². The van der Waals surface area contributed by atoms with Crippen LogP contribution in [-0.4, -0.2) is 23.4 Å². The van der Waals surface area contributed by atoms with Crippen LogP contribution in [0.15, 0.2) is 24.3 Å². The van der Waals surface area contributed by atoms with E-state index in [1.807, 2.05) is 12.1 Å². The Hall–Kier alpha value is -0.240. The van der Waals surface area contributed by atoms with Crippen molar-refractivity contribution in [2.75, 3.05) is 12.4 Å². The van der Waals surface area contributed by atoms with E-state index in [4.69, 9.17) is 23.2 Å². The predicted octanol–water partition coefficient (Wildman–Crippen LogP) is 4.32. The molecule has 3 heteroatoms. The Morgan fingerprint density at radius 1 is 1.24 bits per heavy atom. The van der Waals surface area contributed by atoms with Gasteiger partial charge in [-0.05, 0) is 37.4 Å². The monoisotopic (exact) mass is 271 g/mol. The van der Waals surface area contributed by atoms with E-state index in [1.165, 1.54) is 24.8 Å². The third-order valence-electron chi connectivity index (χ3n) is 3.50. The smallest absolute Gasteiger partial charge is 0.0451 e. The lowest BCUT2D eigenvalue weighted by molar-refractivity contribution is 0.120. The second-order valence-electron chi connectivity index (χ2n) is 4.69. The first-order chi connectivity index (χ1) is 8.31. The fourth-order valence-electron chi connectivity index (χ4n) is 2.25. The second kappa shape index (κ2) is 6.63. The number of halogens is 2. The quantitative estimate of drug-likeness (QED) is 0.697. The molecule has 1 aliphatic rings. The van der Waals surface area contributed by atoms with E-state index in [1.54, 1.807) is 0 Å². The van der Waals surface area contributed by atoms with Crippen LogP contribution < -0.4 is 0 Å². The van der Waals surface area contributed by atoms with Crippen molar-refractivity contribution in [3.63, 3.8) is 0 Å². The molecule has 0 unspecified atom stereocenters. The molecular formula is C14H19Cl2N. The van der Waals surface area contributed by atoms with E-state index in [0.29, 0.717) is 0 Å². The molecule has 0 atom stereocenters. The highest BCUT2D eigenvalue weighted by atomic mass is 35.5. The largest absolute Gasteiger partial charge is 0.296 e. The summed E-state index contributed by atoms with van der Waals surface area (Å²) < 4.78 is 0. The van der Waals surface area contributed by atoms with Gasteiger partial charge in [0.15, 0.2) is 0 Å². The first kappa shape index (κ1) is 13.2. The van der Waals surface area contributed by atoms with Crippen LogP contribution in [-0.2, 0) is 6.54 Å². The Morgan fingerprint density at radius 3 is 2.59 bits per heavy atom. The molecule has 0 spiro atoms. The summed E-state index contributed by atoms with van der Waals surface area (Å²) in [4.78, 5) is 2.53. The Morgan fingerprint density at radius 2 is 2.00 bits per heavy atom. The maximum absolute atomic E-state index is 6.22. The third kappa shape index (κ3) is 3.61. The van der Waals surface area contributed by atoms with Gasteiger partial charge in [-0.2, -0.15) is 0 Å². The molecule has 0 aromatic heterocycles. The fourth-order valence-corrected chi connectivity index (χ4v) is 2.57. The number of alkyl halides is 1. The summed E-state index contributed by atoms with van der Waals surface area (Å²) in [7, 11) is 0. The van der Waals surface area contributed by atoms with Crippen molar-refractivity contribution in [1.29, 1.82) is 0 Å². The maximum Gasteiger partial charge on any atom is 0.0451 e. The van der Waals surface area contributed by atoms with E-state index >= 15 is 0 Å². The first-order valence-electron chi connectivity index (χ1n) is 6.34. The van der Waals surface area contributed by atoms with Crippen LogP contribution in [0.4, 0.5) is 0 Å². The van der Waals surface area contributed by atoms with E-state index in [0.717, 1.165) is 36.5 Å². The van der Waals surface area contributed by atoms with Gasteiger partial charge in [0.1, 0.15) is 0 Å². The molecule has 0 bridgehead atoms.